The number of rotatable bonds is 1. The first-order chi connectivity index (χ1) is 8.69. The Morgan fingerprint density at radius 3 is 2.53 bits per heavy atom. The molecule has 0 unspecified atom stereocenters. The lowest BCUT2D eigenvalue weighted by atomic mass is 10.2. The standard InChI is InChI=1S/C13H14Cl2N2O2/c1-13(2,3)19-12(18)11-10(16)9-7(15)4-6(14)5-8(9)17-11/h4-5,17H,16H2,1-3H3. The summed E-state index contributed by atoms with van der Waals surface area (Å²) in [6, 6.07) is 3.24. The average molecular weight is 301 g/mol. The molecule has 2 aromatic rings. The van der Waals surface area contributed by atoms with Crippen LogP contribution in [-0.2, 0) is 4.74 Å². The third kappa shape index (κ3) is 2.80. The summed E-state index contributed by atoms with van der Waals surface area (Å²) in [5.74, 6) is -0.520. The highest BCUT2D eigenvalue weighted by Crippen LogP contribution is 2.34. The first-order valence-corrected chi connectivity index (χ1v) is 6.44. The summed E-state index contributed by atoms with van der Waals surface area (Å²) in [4.78, 5) is 14.9. The molecular weight excluding hydrogens is 287 g/mol. The van der Waals surface area contributed by atoms with Gasteiger partial charge in [0.25, 0.3) is 0 Å². The Labute approximate surface area is 120 Å². The minimum Gasteiger partial charge on any atom is -0.455 e. The maximum Gasteiger partial charge on any atom is 0.357 e. The zero-order valence-corrected chi connectivity index (χ0v) is 12.3. The number of H-pyrrole nitrogens is 1. The van der Waals surface area contributed by atoms with Crippen molar-refractivity contribution in [1.29, 1.82) is 0 Å². The van der Waals surface area contributed by atoms with Crippen LogP contribution in [0.25, 0.3) is 10.9 Å². The van der Waals surface area contributed by atoms with E-state index in [1.165, 1.54) is 0 Å². The molecular formula is C13H14Cl2N2O2. The van der Waals surface area contributed by atoms with Gasteiger partial charge in [-0.15, -0.1) is 0 Å². The van der Waals surface area contributed by atoms with Gasteiger partial charge in [-0.25, -0.2) is 4.79 Å². The van der Waals surface area contributed by atoms with Crippen molar-refractivity contribution in [3.8, 4) is 0 Å². The van der Waals surface area contributed by atoms with Crippen molar-refractivity contribution < 1.29 is 9.53 Å². The van der Waals surface area contributed by atoms with Crippen LogP contribution in [0.5, 0.6) is 0 Å². The van der Waals surface area contributed by atoms with Crippen LogP contribution in [0.1, 0.15) is 31.3 Å². The Hall–Kier alpha value is -1.39. The van der Waals surface area contributed by atoms with E-state index in [9.17, 15) is 4.79 Å². The van der Waals surface area contributed by atoms with Crippen LogP contribution in [0.3, 0.4) is 0 Å². The van der Waals surface area contributed by atoms with Gasteiger partial charge in [-0.05, 0) is 32.9 Å². The zero-order chi connectivity index (χ0) is 14.4. The fraction of sp³-hybridized carbons (Fsp3) is 0.308. The van der Waals surface area contributed by atoms with Crippen molar-refractivity contribution in [3.63, 3.8) is 0 Å². The molecule has 0 radical (unpaired) electrons. The number of hydrogen-bond donors (Lipinski definition) is 2. The van der Waals surface area contributed by atoms with E-state index in [0.717, 1.165) is 0 Å². The molecule has 0 aliphatic rings. The second-order valence-electron chi connectivity index (χ2n) is 5.23. The van der Waals surface area contributed by atoms with Gasteiger partial charge in [0.05, 0.1) is 16.2 Å². The molecule has 4 nitrogen and oxygen atoms in total. The minimum absolute atomic E-state index is 0.189. The number of hydrogen-bond acceptors (Lipinski definition) is 3. The molecule has 0 spiro atoms. The van der Waals surface area contributed by atoms with Crippen LogP contribution in [-0.4, -0.2) is 16.6 Å². The molecule has 2 rings (SSSR count). The first kappa shape index (κ1) is 14.0. The molecule has 0 aliphatic carbocycles. The Balaban J connectivity index is 2.54. The van der Waals surface area contributed by atoms with Crippen molar-refractivity contribution in [2.75, 3.05) is 5.73 Å². The van der Waals surface area contributed by atoms with Crippen molar-refractivity contribution in [2.45, 2.75) is 26.4 Å². The lowest BCUT2D eigenvalue weighted by molar-refractivity contribution is 0.00652. The zero-order valence-electron chi connectivity index (χ0n) is 10.8. The monoisotopic (exact) mass is 300 g/mol. The van der Waals surface area contributed by atoms with E-state index >= 15 is 0 Å². The number of nitrogen functional groups attached to an aromatic ring is 1. The van der Waals surface area contributed by atoms with E-state index in [0.29, 0.717) is 20.9 Å². The van der Waals surface area contributed by atoms with E-state index in [1.807, 2.05) is 0 Å². The third-order valence-electron chi connectivity index (χ3n) is 2.46. The number of fused-ring (bicyclic) bond motifs is 1. The number of aromatic amines is 1. The highest BCUT2D eigenvalue weighted by molar-refractivity contribution is 6.39. The van der Waals surface area contributed by atoms with E-state index in [-0.39, 0.29) is 11.4 Å². The Kier molecular flexibility index (Phi) is 3.41. The first-order valence-electron chi connectivity index (χ1n) is 5.68. The van der Waals surface area contributed by atoms with Crippen LogP contribution in [0.4, 0.5) is 5.69 Å². The Bertz CT molecular complexity index is 657. The highest BCUT2D eigenvalue weighted by atomic mass is 35.5. The van der Waals surface area contributed by atoms with Gasteiger partial charge in [-0.1, -0.05) is 23.2 Å². The van der Waals surface area contributed by atoms with Gasteiger partial charge in [0, 0.05) is 10.4 Å². The molecule has 0 saturated carbocycles. The number of anilines is 1. The third-order valence-corrected chi connectivity index (χ3v) is 2.97. The topological polar surface area (TPSA) is 68.1 Å². The Morgan fingerprint density at radius 1 is 1.32 bits per heavy atom. The normalized spacial score (nSPS) is 11.8. The molecule has 0 bridgehead atoms. The summed E-state index contributed by atoms with van der Waals surface area (Å²) in [6.07, 6.45) is 0. The largest absolute Gasteiger partial charge is 0.455 e. The van der Waals surface area contributed by atoms with Crippen LogP contribution in [0.2, 0.25) is 10.0 Å². The summed E-state index contributed by atoms with van der Waals surface area (Å²) in [6.45, 7) is 5.36. The maximum absolute atomic E-state index is 12.0. The molecule has 3 N–H and O–H groups in total. The van der Waals surface area contributed by atoms with Gasteiger partial charge in [0.15, 0.2) is 0 Å². The van der Waals surface area contributed by atoms with Crippen molar-refractivity contribution in [3.05, 3.63) is 27.9 Å². The highest BCUT2D eigenvalue weighted by Gasteiger charge is 2.23. The molecule has 102 valence electrons. The number of halogens is 2. The van der Waals surface area contributed by atoms with Gasteiger partial charge in [-0.3, -0.25) is 0 Å². The molecule has 0 saturated heterocycles. The number of esters is 1. The SMILES string of the molecule is CC(C)(C)OC(=O)c1[nH]c2cc(Cl)cc(Cl)c2c1N. The number of aromatic nitrogens is 1. The molecule has 19 heavy (non-hydrogen) atoms. The van der Waals surface area contributed by atoms with E-state index in [1.54, 1.807) is 32.9 Å². The minimum atomic E-state index is -0.595. The average Bonchev–Trinajstić information content (AvgIpc) is 2.53. The summed E-state index contributed by atoms with van der Waals surface area (Å²) >= 11 is 12.0. The number of carbonyl (C=O) groups excluding carboxylic acids is 1. The molecule has 1 heterocycles. The lowest BCUT2D eigenvalue weighted by Crippen LogP contribution is -2.24. The van der Waals surface area contributed by atoms with Crippen molar-refractivity contribution in [2.24, 2.45) is 0 Å². The van der Waals surface area contributed by atoms with E-state index < -0.39 is 11.6 Å². The lowest BCUT2D eigenvalue weighted by Gasteiger charge is -2.19. The van der Waals surface area contributed by atoms with Crippen LogP contribution < -0.4 is 5.73 Å². The smallest absolute Gasteiger partial charge is 0.357 e. The van der Waals surface area contributed by atoms with Gasteiger partial charge in [0.2, 0.25) is 0 Å². The predicted octanol–water partition coefficient (Wildman–Crippen LogP) is 4.01. The van der Waals surface area contributed by atoms with Gasteiger partial charge >= 0.3 is 5.97 Å². The summed E-state index contributed by atoms with van der Waals surface area (Å²) in [7, 11) is 0. The van der Waals surface area contributed by atoms with Crippen molar-refractivity contribution in [1.82, 2.24) is 4.98 Å². The summed E-state index contributed by atoms with van der Waals surface area (Å²) in [5, 5.41) is 1.44. The number of nitrogens with two attached hydrogens (primary N) is 1. The number of nitrogens with one attached hydrogen (secondary N) is 1. The maximum atomic E-state index is 12.0. The molecule has 0 atom stereocenters. The van der Waals surface area contributed by atoms with Gasteiger partial charge in [0.1, 0.15) is 11.3 Å². The van der Waals surface area contributed by atoms with Crippen LogP contribution in [0.15, 0.2) is 12.1 Å². The Morgan fingerprint density at radius 2 is 1.95 bits per heavy atom. The van der Waals surface area contributed by atoms with Crippen LogP contribution >= 0.6 is 23.2 Å². The predicted molar refractivity (Wildman–Crippen MR) is 77.9 cm³/mol. The summed E-state index contributed by atoms with van der Waals surface area (Å²) < 4.78 is 5.28. The molecule has 0 aliphatic heterocycles. The summed E-state index contributed by atoms with van der Waals surface area (Å²) in [5.41, 5.74) is 6.42. The fourth-order valence-electron chi connectivity index (χ4n) is 1.76. The van der Waals surface area contributed by atoms with Gasteiger partial charge in [-0.2, -0.15) is 0 Å². The molecule has 1 aromatic heterocycles. The van der Waals surface area contributed by atoms with Crippen LogP contribution in [0, 0.1) is 0 Å². The number of ether oxygens (including phenoxy) is 1. The second kappa shape index (κ2) is 4.62. The van der Waals surface area contributed by atoms with Crippen molar-refractivity contribution >= 4 is 45.8 Å². The van der Waals surface area contributed by atoms with E-state index in [2.05, 4.69) is 4.98 Å². The van der Waals surface area contributed by atoms with E-state index in [4.69, 9.17) is 33.7 Å². The molecule has 6 heteroatoms. The quantitative estimate of drug-likeness (QED) is 0.782. The fourth-order valence-corrected chi connectivity index (χ4v) is 2.36. The number of benzene rings is 1. The molecule has 1 aromatic carbocycles. The second-order valence-corrected chi connectivity index (χ2v) is 6.07. The van der Waals surface area contributed by atoms with Gasteiger partial charge < -0.3 is 15.5 Å². The molecule has 0 fully saturated rings. The molecule has 0 amide bonds. The number of carbonyl (C=O) groups is 1.